The summed E-state index contributed by atoms with van der Waals surface area (Å²) in [5, 5.41) is 11.0. The van der Waals surface area contributed by atoms with Crippen molar-refractivity contribution in [3.05, 3.63) is 63.7 Å². The molecule has 0 aromatic heterocycles. The van der Waals surface area contributed by atoms with E-state index < -0.39 is 23.9 Å². The van der Waals surface area contributed by atoms with Gasteiger partial charge in [-0.3, -0.25) is 24.5 Å². The SMILES string of the molecule is CNC[C@@H](C)OC(=O)Cc1ccc(NC(=O)NCc2ccc3c(c2)CN(C2CCC(=O)NC2=O)C3=O)cc1Cl. The third-order valence-electron chi connectivity index (χ3n) is 6.51. The Kier molecular flexibility index (Phi) is 8.82. The first-order valence-electron chi connectivity index (χ1n) is 12.6. The maximum absolute atomic E-state index is 12.8. The van der Waals surface area contributed by atoms with Crippen LogP contribution in [0, 0.1) is 0 Å². The number of urea groups is 1. The van der Waals surface area contributed by atoms with Gasteiger partial charge in [0, 0.05) is 42.3 Å². The van der Waals surface area contributed by atoms with Gasteiger partial charge in [-0.25, -0.2) is 4.79 Å². The highest BCUT2D eigenvalue weighted by Crippen LogP contribution is 2.28. The van der Waals surface area contributed by atoms with E-state index in [4.69, 9.17) is 16.3 Å². The normalized spacial score (nSPS) is 17.4. The van der Waals surface area contributed by atoms with Crippen LogP contribution in [0.15, 0.2) is 36.4 Å². The molecule has 0 saturated carbocycles. The summed E-state index contributed by atoms with van der Waals surface area (Å²) in [6.45, 7) is 2.79. The molecule has 2 aliphatic heterocycles. The Morgan fingerprint density at radius 1 is 1.18 bits per heavy atom. The molecule has 1 saturated heterocycles. The van der Waals surface area contributed by atoms with Crippen LogP contribution in [-0.4, -0.2) is 60.4 Å². The van der Waals surface area contributed by atoms with Crippen LogP contribution in [0.2, 0.25) is 5.02 Å². The molecule has 5 amide bonds. The highest BCUT2D eigenvalue weighted by Gasteiger charge is 2.39. The Morgan fingerprint density at radius 3 is 2.69 bits per heavy atom. The number of rotatable bonds is 9. The largest absolute Gasteiger partial charge is 0.461 e. The van der Waals surface area contributed by atoms with Gasteiger partial charge in [-0.2, -0.15) is 0 Å². The number of imide groups is 1. The molecule has 1 unspecified atom stereocenters. The lowest BCUT2D eigenvalue weighted by Gasteiger charge is -2.29. The molecule has 0 aliphatic carbocycles. The second-order valence-corrected chi connectivity index (χ2v) is 9.95. The van der Waals surface area contributed by atoms with Gasteiger partial charge in [-0.05, 0) is 55.3 Å². The van der Waals surface area contributed by atoms with Crippen LogP contribution in [0.1, 0.15) is 46.8 Å². The number of fused-ring (bicyclic) bond motifs is 1. The van der Waals surface area contributed by atoms with Crippen molar-refractivity contribution < 1.29 is 28.7 Å². The van der Waals surface area contributed by atoms with E-state index in [1.54, 1.807) is 44.3 Å². The lowest BCUT2D eigenvalue weighted by Crippen LogP contribution is -2.52. The second kappa shape index (κ2) is 12.3. The molecular weight excluding hydrogens is 526 g/mol. The van der Waals surface area contributed by atoms with Crippen molar-refractivity contribution in [3.63, 3.8) is 0 Å². The number of carbonyl (C=O) groups excluding carboxylic acids is 5. The average Bonchev–Trinajstić information content (AvgIpc) is 3.20. The van der Waals surface area contributed by atoms with Gasteiger partial charge in [-0.1, -0.05) is 29.8 Å². The Bertz CT molecular complexity index is 1320. The Balaban J connectivity index is 1.29. The van der Waals surface area contributed by atoms with Crippen LogP contribution >= 0.6 is 11.6 Å². The zero-order chi connectivity index (χ0) is 28.1. The lowest BCUT2D eigenvalue weighted by molar-refractivity contribution is -0.147. The third kappa shape index (κ3) is 6.92. The number of ether oxygens (including phenoxy) is 1. The fourth-order valence-corrected chi connectivity index (χ4v) is 4.86. The molecule has 0 spiro atoms. The monoisotopic (exact) mass is 555 g/mol. The third-order valence-corrected chi connectivity index (χ3v) is 6.86. The number of amides is 5. The minimum atomic E-state index is -0.680. The van der Waals surface area contributed by atoms with Crippen molar-refractivity contribution in [1.82, 2.24) is 20.9 Å². The van der Waals surface area contributed by atoms with Gasteiger partial charge in [0.15, 0.2) is 0 Å². The molecule has 206 valence electrons. The van der Waals surface area contributed by atoms with E-state index in [0.717, 1.165) is 11.1 Å². The van der Waals surface area contributed by atoms with Gasteiger partial charge in [0.25, 0.3) is 5.91 Å². The van der Waals surface area contributed by atoms with Gasteiger partial charge in [-0.15, -0.1) is 0 Å². The molecule has 2 heterocycles. The second-order valence-electron chi connectivity index (χ2n) is 9.54. The summed E-state index contributed by atoms with van der Waals surface area (Å²) in [7, 11) is 1.77. The van der Waals surface area contributed by atoms with Crippen molar-refractivity contribution in [2.45, 2.75) is 51.4 Å². The summed E-state index contributed by atoms with van der Waals surface area (Å²) in [5.74, 6) is -1.44. The van der Waals surface area contributed by atoms with E-state index in [1.165, 1.54) is 4.90 Å². The number of hydrogen-bond donors (Lipinski definition) is 4. The molecule has 11 nitrogen and oxygen atoms in total. The highest BCUT2D eigenvalue weighted by molar-refractivity contribution is 6.31. The number of likely N-dealkylation sites (N-methyl/N-ethyl adjacent to an activating group) is 1. The molecule has 2 aromatic carbocycles. The summed E-state index contributed by atoms with van der Waals surface area (Å²) >= 11 is 6.31. The van der Waals surface area contributed by atoms with Crippen LogP contribution < -0.4 is 21.3 Å². The van der Waals surface area contributed by atoms with E-state index in [9.17, 15) is 24.0 Å². The van der Waals surface area contributed by atoms with E-state index in [-0.39, 0.29) is 43.8 Å². The minimum Gasteiger partial charge on any atom is -0.461 e. The van der Waals surface area contributed by atoms with E-state index in [0.29, 0.717) is 34.8 Å². The summed E-state index contributed by atoms with van der Waals surface area (Å²) in [6.07, 6.45) is 0.240. The molecule has 4 N–H and O–H groups in total. The first-order chi connectivity index (χ1) is 18.6. The summed E-state index contributed by atoms with van der Waals surface area (Å²) in [5.41, 5.74) is 3.08. The van der Waals surface area contributed by atoms with Gasteiger partial charge in [0.2, 0.25) is 11.8 Å². The first-order valence-corrected chi connectivity index (χ1v) is 13.0. The number of carbonyl (C=O) groups is 5. The number of halogens is 1. The molecule has 2 aliphatic rings. The smallest absolute Gasteiger partial charge is 0.319 e. The molecular formula is C27H30ClN5O6. The predicted octanol–water partition coefficient (Wildman–Crippen LogP) is 2.12. The van der Waals surface area contributed by atoms with Crippen LogP contribution in [0.3, 0.4) is 0 Å². The zero-order valence-corrected chi connectivity index (χ0v) is 22.4. The van der Waals surface area contributed by atoms with Crippen molar-refractivity contribution in [2.75, 3.05) is 18.9 Å². The van der Waals surface area contributed by atoms with Gasteiger partial charge in [0.1, 0.15) is 12.1 Å². The topological polar surface area (TPSA) is 146 Å². The van der Waals surface area contributed by atoms with Crippen LogP contribution in [0.5, 0.6) is 0 Å². The average molecular weight is 556 g/mol. The van der Waals surface area contributed by atoms with Crippen LogP contribution in [0.4, 0.5) is 10.5 Å². The van der Waals surface area contributed by atoms with Crippen molar-refractivity contribution >= 4 is 47.0 Å². The minimum absolute atomic E-state index is 0.0150. The maximum atomic E-state index is 12.8. The number of esters is 1. The van der Waals surface area contributed by atoms with Crippen molar-refractivity contribution in [1.29, 1.82) is 0 Å². The van der Waals surface area contributed by atoms with Crippen LogP contribution in [0.25, 0.3) is 0 Å². The fourth-order valence-electron chi connectivity index (χ4n) is 4.61. The van der Waals surface area contributed by atoms with E-state index in [1.807, 2.05) is 6.07 Å². The summed E-state index contributed by atoms with van der Waals surface area (Å²) in [6, 6.07) is 8.98. The number of nitrogens with one attached hydrogen (secondary N) is 4. The lowest BCUT2D eigenvalue weighted by atomic mass is 10.0. The predicted molar refractivity (Wildman–Crippen MR) is 143 cm³/mol. The molecule has 0 radical (unpaired) electrons. The van der Waals surface area contributed by atoms with Gasteiger partial charge in [0.05, 0.1) is 6.42 Å². The van der Waals surface area contributed by atoms with Crippen molar-refractivity contribution in [2.24, 2.45) is 0 Å². The number of anilines is 1. The number of nitrogens with zero attached hydrogens (tertiary/aromatic N) is 1. The first kappa shape index (κ1) is 28.1. The Morgan fingerprint density at radius 2 is 1.97 bits per heavy atom. The summed E-state index contributed by atoms with van der Waals surface area (Å²) < 4.78 is 5.31. The molecule has 12 heteroatoms. The molecule has 2 aromatic rings. The van der Waals surface area contributed by atoms with Crippen LogP contribution in [-0.2, 0) is 38.6 Å². The maximum Gasteiger partial charge on any atom is 0.319 e. The molecule has 4 rings (SSSR count). The Labute approximate surface area is 230 Å². The van der Waals surface area contributed by atoms with Crippen molar-refractivity contribution in [3.8, 4) is 0 Å². The standard InChI is InChI=1S/C27H30ClN5O6/c1-15(12-29-2)39-24(35)10-17-4-5-19(11-21(17)28)31-27(38)30-13-16-3-6-20-18(9-16)14-33(26(20)37)22-7-8-23(34)32-25(22)36/h3-6,9,11,15,22,29H,7-8,10,12-14H2,1-2H3,(H2,30,31,38)(H,32,34,36)/t15-,22?/m1/s1. The van der Waals surface area contributed by atoms with Gasteiger partial charge >= 0.3 is 12.0 Å². The number of piperidine rings is 1. The summed E-state index contributed by atoms with van der Waals surface area (Å²) in [4.78, 5) is 62.5. The number of benzene rings is 2. The Hall–Kier alpha value is -3.96. The molecule has 39 heavy (non-hydrogen) atoms. The fraction of sp³-hybridized carbons (Fsp3) is 0.370. The zero-order valence-electron chi connectivity index (χ0n) is 21.6. The molecule has 1 fully saturated rings. The quantitative estimate of drug-likeness (QED) is 0.274. The van der Waals surface area contributed by atoms with Gasteiger partial charge < -0.3 is 25.6 Å². The highest BCUT2D eigenvalue weighted by atomic mass is 35.5. The number of hydrogen-bond acceptors (Lipinski definition) is 7. The molecule has 0 bridgehead atoms. The molecule has 2 atom stereocenters. The van der Waals surface area contributed by atoms with E-state index >= 15 is 0 Å². The van der Waals surface area contributed by atoms with E-state index in [2.05, 4.69) is 21.3 Å².